The van der Waals surface area contributed by atoms with Crippen LogP contribution < -0.4 is 4.90 Å². The number of rotatable bonds is 5. The SMILES string of the molecule is O=C(c1ccnc(Cl)c1)N1CC(C2CCN(C/C=C/c3ccc(Cl)cc3)C2)c2cc(F)ccc21. The third-order valence-corrected chi connectivity index (χ3v) is 7.16. The van der Waals surface area contributed by atoms with Crippen LogP contribution in [0.5, 0.6) is 0 Å². The Balaban J connectivity index is 1.30. The molecule has 3 aromatic rings. The van der Waals surface area contributed by atoms with E-state index in [2.05, 4.69) is 22.0 Å². The van der Waals surface area contributed by atoms with Crippen LogP contribution in [0.2, 0.25) is 10.2 Å². The molecular weight excluding hydrogens is 472 g/mol. The van der Waals surface area contributed by atoms with Crippen molar-refractivity contribution in [3.8, 4) is 0 Å². The fourth-order valence-electron chi connectivity index (χ4n) is 5.02. The number of pyridine rings is 1. The Hall–Kier alpha value is -2.73. The first-order valence-corrected chi connectivity index (χ1v) is 12.1. The molecular formula is C27H24Cl2FN3O. The number of carbonyl (C=O) groups excluding carboxylic acids is 1. The molecule has 2 aromatic carbocycles. The summed E-state index contributed by atoms with van der Waals surface area (Å²) in [6.07, 6.45) is 6.81. The largest absolute Gasteiger partial charge is 0.307 e. The first kappa shape index (κ1) is 23.0. The number of nitrogens with zero attached hydrogens (tertiary/aromatic N) is 3. The maximum atomic E-state index is 14.2. The van der Waals surface area contributed by atoms with Crippen molar-refractivity contribution in [3.63, 3.8) is 0 Å². The van der Waals surface area contributed by atoms with Gasteiger partial charge in [-0.3, -0.25) is 9.69 Å². The highest BCUT2D eigenvalue weighted by Crippen LogP contribution is 2.44. The van der Waals surface area contributed by atoms with Crippen molar-refractivity contribution in [2.45, 2.75) is 12.3 Å². The van der Waals surface area contributed by atoms with Gasteiger partial charge in [-0.25, -0.2) is 9.37 Å². The quantitative estimate of drug-likeness (QED) is 0.389. The molecule has 34 heavy (non-hydrogen) atoms. The molecule has 1 fully saturated rings. The normalized spacial score (nSPS) is 20.3. The molecule has 0 spiro atoms. The van der Waals surface area contributed by atoms with E-state index in [-0.39, 0.29) is 22.8 Å². The lowest BCUT2D eigenvalue weighted by atomic mass is 9.87. The first-order valence-electron chi connectivity index (χ1n) is 11.4. The minimum absolute atomic E-state index is 0.0946. The highest BCUT2D eigenvalue weighted by atomic mass is 35.5. The number of halogens is 3. The fourth-order valence-corrected chi connectivity index (χ4v) is 5.32. The molecule has 174 valence electrons. The molecule has 0 radical (unpaired) electrons. The zero-order chi connectivity index (χ0) is 23.7. The Kier molecular flexibility index (Phi) is 6.68. The standard InChI is InChI=1S/C27H24Cl2FN3O/c28-21-5-3-18(4-6-21)2-1-12-32-13-10-20(16-32)24-17-33(25-8-7-22(30)15-23(24)25)27(34)19-9-11-31-26(29)14-19/h1-9,11,14-15,20,24H,10,12-13,16-17H2/b2-1+. The lowest BCUT2D eigenvalue weighted by molar-refractivity contribution is 0.0987. The number of aromatic nitrogens is 1. The molecule has 0 saturated carbocycles. The summed E-state index contributed by atoms with van der Waals surface area (Å²) in [6.45, 7) is 3.27. The van der Waals surface area contributed by atoms with Crippen molar-refractivity contribution in [3.05, 3.63) is 99.6 Å². The zero-order valence-corrected chi connectivity index (χ0v) is 20.0. The molecule has 0 N–H and O–H groups in total. The van der Waals surface area contributed by atoms with Crippen LogP contribution in [0.4, 0.5) is 10.1 Å². The Bertz CT molecular complexity index is 1230. The van der Waals surface area contributed by atoms with Crippen molar-refractivity contribution in [2.75, 3.05) is 31.1 Å². The average molecular weight is 496 g/mol. The topological polar surface area (TPSA) is 36.4 Å². The summed E-state index contributed by atoms with van der Waals surface area (Å²) < 4.78 is 14.2. The van der Waals surface area contributed by atoms with Gasteiger partial charge in [-0.1, -0.05) is 47.5 Å². The van der Waals surface area contributed by atoms with Gasteiger partial charge in [-0.15, -0.1) is 0 Å². The van der Waals surface area contributed by atoms with E-state index in [1.165, 1.54) is 12.3 Å². The number of benzene rings is 2. The summed E-state index contributed by atoms with van der Waals surface area (Å²) in [5.41, 5.74) is 3.30. The maximum absolute atomic E-state index is 14.2. The van der Waals surface area contributed by atoms with E-state index in [9.17, 15) is 9.18 Å². The van der Waals surface area contributed by atoms with Gasteiger partial charge in [0.1, 0.15) is 11.0 Å². The first-order chi connectivity index (χ1) is 16.5. The molecule has 0 bridgehead atoms. The van der Waals surface area contributed by atoms with Gasteiger partial charge < -0.3 is 4.90 Å². The molecule has 1 aromatic heterocycles. The minimum Gasteiger partial charge on any atom is -0.307 e. The van der Waals surface area contributed by atoms with E-state index in [1.54, 1.807) is 29.2 Å². The molecule has 2 aliphatic rings. The van der Waals surface area contributed by atoms with Crippen molar-refractivity contribution >= 4 is 40.9 Å². The van der Waals surface area contributed by atoms with Gasteiger partial charge >= 0.3 is 0 Å². The molecule has 1 saturated heterocycles. The van der Waals surface area contributed by atoms with Gasteiger partial charge in [0, 0.05) is 48.0 Å². The van der Waals surface area contributed by atoms with Crippen molar-refractivity contribution in [1.29, 1.82) is 0 Å². The van der Waals surface area contributed by atoms with Crippen LogP contribution in [0.3, 0.4) is 0 Å². The number of anilines is 1. The van der Waals surface area contributed by atoms with E-state index in [1.807, 2.05) is 24.3 Å². The van der Waals surface area contributed by atoms with E-state index in [0.717, 1.165) is 47.9 Å². The highest BCUT2D eigenvalue weighted by Gasteiger charge is 2.39. The smallest absolute Gasteiger partial charge is 0.258 e. The lowest BCUT2D eigenvalue weighted by Gasteiger charge is -2.21. The number of fused-ring (bicyclic) bond motifs is 1. The second-order valence-electron chi connectivity index (χ2n) is 8.85. The predicted octanol–water partition coefficient (Wildman–Crippen LogP) is 6.31. The summed E-state index contributed by atoms with van der Waals surface area (Å²) in [5, 5.41) is 1.01. The van der Waals surface area contributed by atoms with Gasteiger partial charge in [0.15, 0.2) is 0 Å². The number of amides is 1. The Morgan fingerprint density at radius 2 is 1.91 bits per heavy atom. The van der Waals surface area contributed by atoms with Crippen LogP contribution in [-0.4, -0.2) is 42.0 Å². The van der Waals surface area contributed by atoms with Crippen molar-refractivity contribution < 1.29 is 9.18 Å². The average Bonchev–Trinajstić information content (AvgIpc) is 3.44. The number of hydrogen-bond acceptors (Lipinski definition) is 3. The third-order valence-electron chi connectivity index (χ3n) is 6.70. The molecule has 7 heteroatoms. The van der Waals surface area contributed by atoms with Crippen LogP contribution in [-0.2, 0) is 0 Å². The third kappa shape index (κ3) is 4.88. The van der Waals surface area contributed by atoms with Gasteiger partial charge in [0.2, 0.25) is 0 Å². The van der Waals surface area contributed by atoms with Crippen LogP contribution >= 0.6 is 23.2 Å². The molecule has 0 aliphatic carbocycles. The zero-order valence-electron chi connectivity index (χ0n) is 18.5. The summed E-state index contributed by atoms with van der Waals surface area (Å²) >= 11 is 12.0. The predicted molar refractivity (Wildman–Crippen MR) is 135 cm³/mol. The number of carbonyl (C=O) groups is 1. The Morgan fingerprint density at radius 3 is 2.71 bits per heavy atom. The van der Waals surface area contributed by atoms with Crippen LogP contribution in [0.25, 0.3) is 6.08 Å². The molecule has 3 heterocycles. The van der Waals surface area contributed by atoms with Crippen LogP contribution in [0.1, 0.15) is 33.8 Å². The number of likely N-dealkylation sites (tertiary alicyclic amines) is 1. The summed E-state index contributed by atoms with van der Waals surface area (Å²) in [5.74, 6) is 0.0340. The van der Waals surface area contributed by atoms with Crippen LogP contribution in [0.15, 0.2) is 66.9 Å². The second-order valence-corrected chi connectivity index (χ2v) is 9.68. The highest BCUT2D eigenvalue weighted by molar-refractivity contribution is 6.30. The Labute approximate surface area is 208 Å². The van der Waals surface area contributed by atoms with Gasteiger partial charge in [0.25, 0.3) is 5.91 Å². The maximum Gasteiger partial charge on any atom is 0.258 e. The van der Waals surface area contributed by atoms with Crippen molar-refractivity contribution in [2.24, 2.45) is 5.92 Å². The summed E-state index contributed by atoms with van der Waals surface area (Å²) in [4.78, 5) is 21.4. The van der Waals surface area contributed by atoms with E-state index < -0.39 is 0 Å². The van der Waals surface area contributed by atoms with E-state index in [4.69, 9.17) is 23.2 Å². The van der Waals surface area contributed by atoms with Gasteiger partial charge in [0.05, 0.1) is 0 Å². The van der Waals surface area contributed by atoms with Crippen LogP contribution in [0, 0.1) is 11.7 Å². The minimum atomic E-state index is -0.272. The molecule has 2 atom stereocenters. The van der Waals surface area contributed by atoms with Crippen molar-refractivity contribution in [1.82, 2.24) is 9.88 Å². The fraction of sp³-hybridized carbons (Fsp3) is 0.259. The summed E-state index contributed by atoms with van der Waals surface area (Å²) in [7, 11) is 0. The van der Waals surface area contributed by atoms with E-state index in [0.29, 0.717) is 18.0 Å². The molecule has 2 unspecified atom stereocenters. The summed E-state index contributed by atoms with van der Waals surface area (Å²) in [6, 6.07) is 15.7. The molecule has 2 aliphatic heterocycles. The monoisotopic (exact) mass is 495 g/mol. The number of hydrogen-bond donors (Lipinski definition) is 0. The van der Waals surface area contributed by atoms with E-state index >= 15 is 0 Å². The lowest BCUT2D eigenvalue weighted by Crippen LogP contribution is -2.31. The van der Waals surface area contributed by atoms with Gasteiger partial charge in [-0.2, -0.15) is 0 Å². The second kappa shape index (κ2) is 9.87. The molecule has 5 rings (SSSR count). The van der Waals surface area contributed by atoms with Gasteiger partial charge in [-0.05, 0) is 72.5 Å². The molecule has 1 amide bonds. The molecule has 4 nitrogen and oxygen atoms in total. The Morgan fingerprint density at radius 1 is 1.09 bits per heavy atom.